The Balaban J connectivity index is 1.27. The molecule has 2 heterocycles. The number of thiophene rings is 1. The van der Waals surface area contributed by atoms with Gasteiger partial charge in [-0.15, -0.1) is 11.3 Å². The second kappa shape index (κ2) is 9.90. The summed E-state index contributed by atoms with van der Waals surface area (Å²) in [5, 5.41) is 15.3. The van der Waals surface area contributed by atoms with Crippen LogP contribution in [0.4, 0.5) is 10.5 Å². The molecule has 0 bridgehead atoms. The first-order chi connectivity index (χ1) is 18.9. The van der Waals surface area contributed by atoms with E-state index in [-0.39, 0.29) is 0 Å². The third kappa shape index (κ3) is 4.83. The third-order valence-electron chi connectivity index (χ3n) is 7.12. The summed E-state index contributed by atoms with van der Waals surface area (Å²) in [5.74, 6) is 5.67. The second-order valence-corrected chi connectivity index (χ2v) is 10.7. The maximum absolute atomic E-state index is 12.8. The van der Waals surface area contributed by atoms with Crippen LogP contribution >= 0.6 is 11.3 Å². The molecule has 0 radical (unpaired) electrons. The SMILES string of the molecule is C[C@@H](OC(=O)Nc1c(C#Cc2ccc3cc(C4(C(=O)O)CC4)ccc3c2)sc2ncccc12)c1ccccc1. The van der Waals surface area contributed by atoms with Gasteiger partial charge < -0.3 is 9.84 Å². The molecule has 5 aromatic rings. The molecule has 0 saturated heterocycles. The minimum atomic E-state index is -0.759. The van der Waals surface area contributed by atoms with Crippen molar-refractivity contribution in [1.29, 1.82) is 0 Å². The van der Waals surface area contributed by atoms with Gasteiger partial charge in [-0.3, -0.25) is 10.1 Å². The molecule has 0 aliphatic heterocycles. The monoisotopic (exact) mass is 532 g/mol. The lowest BCUT2D eigenvalue weighted by Gasteiger charge is -2.14. The van der Waals surface area contributed by atoms with Crippen LogP contribution in [0.25, 0.3) is 21.0 Å². The Morgan fingerprint density at radius 2 is 1.77 bits per heavy atom. The Bertz CT molecular complexity index is 1800. The number of carbonyl (C=O) groups is 2. The molecule has 6 nitrogen and oxygen atoms in total. The van der Waals surface area contributed by atoms with Gasteiger partial charge in [0.2, 0.25) is 0 Å². The third-order valence-corrected chi connectivity index (χ3v) is 8.15. The maximum Gasteiger partial charge on any atom is 0.412 e. The Kier molecular flexibility index (Phi) is 6.26. The molecule has 192 valence electrons. The number of rotatable bonds is 5. The van der Waals surface area contributed by atoms with Crippen LogP contribution in [0.3, 0.4) is 0 Å². The molecule has 0 spiro atoms. The van der Waals surface area contributed by atoms with E-state index in [1.54, 1.807) is 6.20 Å². The van der Waals surface area contributed by atoms with Crippen LogP contribution < -0.4 is 5.32 Å². The van der Waals surface area contributed by atoms with Crippen LogP contribution in [0.15, 0.2) is 85.1 Å². The highest BCUT2D eigenvalue weighted by Gasteiger charge is 2.51. The van der Waals surface area contributed by atoms with E-state index < -0.39 is 23.6 Å². The zero-order valence-corrected chi connectivity index (χ0v) is 21.9. The van der Waals surface area contributed by atoms with Crippen molar-refractivity contribution >= 4 is 50.1 Å². The van der Waals surface area contributed by atoms with Gasteiger partial charge in [-0.25, -0.2) is 9.78 Å². The Hall–Kier alpha value is -4.67. The number of hydrogen-bond acceptors (Lipinski definition) is 5. The number of nitrogens with zero attached hydrogens (tertiary/aromatic N) is 1. The highest BCUT2D eigenvalue weighted by atomic mass is 32.1. The lowest BCUT2D eigenvalue weighted by molar-refractivity contribution is -0.140. The normalized spacial score (nSPS) is 14.3. The van der Waals surface area contributed by atoms with Crippen molar-refractivity contribution in [2.24, 2.45) is 0 Å². The number of pyridine rings is 1. The summed E-state index contributed by atoms with van der Waals surface area (Å²) in [6, 6.07) is 25.0. The van der Waals surface area contributed by atoms with Crippen molar-refractivity contribution in [3.05, 3.63) is 107 Å². The largest absolute Gasteiger partial charge is 0.481 e. The van der Waals surface area contributed by atoms with Gasteiger partial charge >= 0.3 is 12.1 Å². The van der Waals surface area contributed by atoms with E-state index in [9.17, 15) is 14.7 Å². The Labute approximate surface area is 229 Å². The number of anilines is 1. The number of aliphatic carboxylic acids is 1. The van der Waals surface area contributed by atoms with Gasteiger partial charge in [-0.05, 0) is 71.9 Å². The number of aromatic nitrogens is 1. The predicted octanol–water partition coefficient (Wildman–Crippen LogP) is 7.28. The fraction of sp³-hybridized carbons (Fsp3) is 0.156. The number of hydrogen-bond donors (Lipinski definition) is 2. The number of carbonyl (C=O) groups excluding carboxylic acids is 1. The molecule has 0 unspecified atom stereocenters. The molecule has 1 atom stereocenters. The first-order valence-corrected chi connectivity index (χ1v) is 13.4. The zero-order chi connectivity index (χ0) is 27.0. The molecule has 7 heteroatoms. The number of benzene rings is 3. The van der Waals surface area contributed by atoms with Gasteiger partial charge in [0.05, 0.1) is 11.1 Å². The van der Waals surface area contributed by atoms with Crippen LogP contribution in [0, 0.1) is 11.8 Å². The van der Waals surface area contributed by atoms with Crippen molar-refractivity contribution in [3.63, 3.8) is 0 Å². The minimum Gasteiger partial charge on any atom is -0.481 e. The van der Waals surface area contributed by atoms with Crippen molar-refractivity contribution in [1.82, 2.24) is 4.98 Å². The molecule has 1 aliphatic rings. The highest BCUT2D eigenvalue weighted by Crippen LogP contribution is 2.49. The summed E-state index contributed by atoms with van der Waals surface area (Å²) in [4.78, 5) is 30.4. The zero-order valence-electron chi connectivity index (χ0n) is 21.1. The van der Waals surface area contributed by atoms with Crippen LogP contribution in [-0.4, -0.2) is 22.2 Å². The molecular weight excluding hydrogens is 508 g/mol. The predicted molar refractivity (Wildman–Crippen MR) is 153 cm³/mol. The first kappa shape index (κ1) is 24.7. The molecule has 1 aliphatic carbocycles. The smallest absolute Gasteiger partial charge is 0.412 e. The summed E-state index contributed by atoms with van der Waals surface area (Å²) in [7, 11) is 0. The van der Waals surface area contributed by atoms with E-state index in [2.05, 4.69) is 22.1 Å². The Morgan fingerprint density at radius 1 is 1.00 bits per heavy atom. The molecular formula is C32H24N2O4S. The molecule has 2 N–H and O–H groups in total. The summed E-state index contributed by atoms with van der Waals surface area (Å²) in [6.45, 7) is 1.83. The van der Waals surface area contributed by atoms with Crippen molar-refractivity contribution < 1.29 is 19.4 Å². The molecule has 1 amide bonds. The molecule has 39 heavy (non-hydrogen) atoms. The van der Waals surface area contributed by atoms with Crippen molar-refractivity contribution in [2.45, 2.75) is 31.3 Å². The second-order valence-electron chi connectivity index (χ2n) is 9.66. The molecule has 3 aromatic carbocycles. The minimum absolute atomic E-state index is 0.410. The summed E-state index contributed by atoms with van der Waals surface area (Å²) in [6.07, 6.45) is 2.09. The fourth-order valence-electron chi connectivity index (χ4n) is 4.73. The number of fused-ring (bicyclic) bond motifs is 2. The first-order valence-electron chi connectivity index (χ1n) is 12.6. The quantitative estimate of drug-likeness (QED) is 0.232. The van der Waals surface area contributed by atoms with E-state index in [1.807, 2.05) is 85.8 Å². The maximum atomic E-state index is 12.8. The standard InChI is InChI=1S/C32H24N2O4S/c1-20(22-6-3-2-4-7-22)38-31(37)34-28-26-8-5-17-33-29(26)39-27(28)14-10-21-9-11-24-19-25(13-12-23(24)18-21)32(15-16-32)30(35)36/h2-9,11-13,17-20H,15-16H2,1H3,(H,34,37)(H,35,36)/t20-/m1/s1. The van der Waals surface area contributed by atoms with Gasteiger partial charge in [0, 0.05) is 17.1 Å². The number of nitrogens with one attached hydrogen (secondary N) is 1. The fourth-order valence-corrected chi connectivity index (χ4v) is 5.68. The summed E-state index contributed by atoms with van der Waals surface area (Å²) in [5.41, 5.74) is 2.41. The van der Waals surface area contributed by atoms with Crippen LogP contribution in [0.1, 0.15) is 47.4 Å². The topological polar surface area (TPSA) is 88.5 Å². The lowest BCUT2D eigenvalue weighted by atomic mass is 9.93. The number of ether oxygens (including phenoxy) is 1. The molecule has 1 saturated carbocycles. The van der Waals surface area contributed by atoms with E-state index in [1.165, 1.54) is 11.3 Å². The van der Waals surface area contributed by atoms with Crippen molar-refractivity contribution in [2.75, 3.05) is 5.32 Å². The van der Waals surface area contributed by atoms with Crippen LogP contribution in [0.2, 0.25) is 0 Å². The van der Waals surface area contributed by atoms with Crippen LogP contribution in [-0.2, 0) is 14.9 Å². The Morgan fingerprint density at radius 3 is 2.54 bits per heavy atom. The van der Waals surface area contributed by atoms with Gasteiger partial charge in [0.25, 0.3) is 0 Å². The van der Waals surface area contributed by atoms with E-state index in [0.717, 1.165) is 37.7 Å². The number of amides is 1. The molecule has 1 fully saturated rings. The van der Waals surface area contributed by atoms with Gasteiger partial charge in [0.1, 0.15) is 15.8 Å². The van der Waals surface area contributed by atoms with Gasteiger partial charge in [-0.1, -0.05) is 60.5 Å². The molecule has 6 rings (SSSR count). The summed E-state index contributed by atoms with van der Waals surface area (Å²) < 4.78 is 5.63. The lowest BCUT2D eigenvalue weighted by Crippen LogP contribution is -2.19. The van der Waals surface area contributed by atoms with E-state index in [4.69, 9.17) is 4.74 Å². The number of carboxylic acids is 1. The van der Waals surface area contributed by atoms with Crippen molar-refractivity contribution in [3.8, 4) is 11.8 Å². The highest BCUT2D eigenvalue weighted by molar-refractivity contribution is 7.19. The number of carboxylic acid groups (broad SMARTS) is 1. The average Bonchev–Trinajstić information content (AvgIpc) is 3.70. The van der Waals surface area contributed by atoms with Gasteiger partial charge in [-0.2, -0.15) is 0 Å². The molecule has 2 aromatic heterocycles. The van der Waals surface area contributed by atoms with E-state index >= 15 is 0 Å². The van der Waals surface area contributed by atoms with E-state index in [0.29, 0.717) is 23.4 Å². The average molecular weight is 533 g/mol. The van der Waals surface area contributed by atoms with Crippen LogP contribution in [0.5, 0.6) is 0 Å². The summed E-state index contributed by atoms with van der Waals surface area (Å²) >= 11 is 1.41. The van der Waals surface area contributed by atoms with Gasteiger partial charge in [0.15, 0.2) is 0 Å².